The Morgan fingerprint density at radius 3 is 2.77 bits per heavy atom. The molecule has 2 aromatic rings. The van der Waals surface area contributed by atoms with Crippen LogP contribution in [-0.4, -0.2) is 28.8 Å². The van der Waals surface area contributed by atoms with E-state index in [0.717, 1.165) is 43.5 Å². The van der Waals surface area contributed by atoms with Gasteiger partial charge in [0.2, 0.25) is 0 Å². The van der Waals surface area contributed by atoms with Crippen molar-refractivity contribution >= 4 is 16.7 Å². The van der Waals surface area contributed by atoms with Crippen molar-refractivity contribution in [1.29, 1.82) is 0 Å². The molecule has 0 amide bonds. The highest BCUT2D eigenvalue weighted by molar-refractivity contribution is 6.06. The smallest absolute Gasteiger partial charge is 0.186 e. The lowest BCUT2D eigenvalue weighted by Crippen LogP contribution is -2.43. The first kappa shape index (κ1) is 15.2. The molecule has 1 aromatic carbocycles. The quantitative estimate of drug-likeness (QED) is 0.764. The van der Waals surface area contributed by atoms with Crippen molar-refractivity contribution in [3.63, 3.8) is 0 Å². The molecule has 3 rings (SSSR count). The molecule has 1 atom stereocenters. The van der Waals surface area contributed by atoms with E-state index >= 15 is 0 Å². The van der Waals surface area contributed by atoms with E-state index in [4.69, 9.17) is 4.74 Å². The number of para-hydroxylation sites is 1. The highest BCUT2D eigenvalue weighted by Crippen LogP contribution is 2.31. The summed E-state index contributed by atoms with van der Waals surface area (Å²) in [5, 5.41) is 5.64. The molecule has 1 aliphatic rings. The molecule has 1 aliphatic heterocycles. The van der Waals surface area contributed by atoms with E-state index in [1.54, 1.807) is 0 Å². The van der Waals surface area contributed by atoms with E-state index in [-0.39, 0.29) is 17.1 Å². The third kappa shape index (κ3) is 2.68. The normalized spacial score (nSPS) is 18.1. The largest absolute Gasteiger partial charge is 0.380 e. The van der Waals surface area contributed by atoms with Crippen LogP contribution in [0.3, 0.4) is 0 Å². The molecule has 0 saturated carbocycles. The first-order chi connectivity index (χ1) is 10.5. The van der Waals surface area contributed by atoms with Crippen molar-refractivity contribution in [3.05, 3.63) is 30.0 Å². The van der Waals surface area contributed by atoms with Gasteiger partial charge in [0.05, 0.1) is 25.3 Å². The highest BCUT2D eigenvalue weighted by Gasteiger charge is 2.35. The van der Waals surface area contributed by atoms with Gasteiger partial charge >= 0.3 is 0 Å². The van der Waals surface area contributed by atoms with Crippen LogP contribution in [0.25, 0.3) is 10.9 Å². The predicted molar refractivity (Wildman–Crippen MR) is 87.1 cm³/mol. The molecule has 4 heteroatoms. The van der Waals surface area contributed by atoms with Crippen molar-refractivity contribution < 1.29 is 9.53 Å². The van der Waals surface area contributed by atoms with Crippen LogP contribution in [-0.2, 0) is 11.3 Å². The second-order valence-electron chi connectivity index (χ2n) is 6.88. The maximum absolute atomic E-state index is 12.7. The van der Waals surface area contributed by atoms with E-state index in [1.807, 2.05) is 35.9 Å². The Bertz CT molecular complexity index is 685. The summed E-state index contributed by atoms with van der Waals surface area (Å²) in [7, 11) is 0. The molecule has 0 N–H and O–H groups in total. The van der Waals surface area contributed by atoms with Crippen LogP contribution in [0.4, 0.5) is 0 Å². The van der Waals surface area contributed by atoms with Crippen LogP contribution in [0, 0.1) is 11.3 Å². The van der Waals surface area contributed by atoms with E-state index in [1.165, 1.54) is 0 Å². The van der Waals surface area contributed by atoms with Crippen LogP contribution >= 0.6 is 0 Å². The third-order valence-corrected chi connectivity index (χ3v) is 4.49. The SMILES string of the molecule is CCCC(C)C(=O)c1nn(CC2(C)COC2)c2ccccc12. The second-order valence-corrected chi connectivity index (χ2v) is 6.88. The van der Waals surface area contributed by atoms with Crippen molar-refractivity contribution in [2.45, 2.75) is 40.2 Å². The Kier molecular flexibility index (Phi) is 4.04. The van der Waals surface area contributed by atoms with Crippen LogP contribution in [0.2, 0.25) is 0 Å². The molecule has 1 saturated heterocycles. The lowest BCUT2D eigenvalue weighted by Gasteiger charge is -2.37. The minimum atomic E-state index is 0.0272. The molecule has 2 heterocycles. The number of ether oxygens (including phenoxy) is 1. The van der Waals surface area contributed by atoms with Gasteiger partial charge in [-0.25, -0.2) is 0 Å². The topological polar surface area (TPSA) is 44.1 Å². The monoisotopic (exact) mass is 300 g/mol. The van der Waals surface area contributed by atoms with E-state index in [2.05, 4.69) is 18.9 Å². The van der Waals surface area contributed by atoms with Gasteiger partial charge < -0.3 is 4.74 Å². The predicted octanol–water partition coefficient (Wildman–Crippen LogP) is 3.69. The number of aromatic nitrogens is 2. The van der Waals surface area contributed by atoms with Gasteiger partial charge in [0.15, 0.2) is 5.78 Å². The van der Waals surface area contributed by atoms with Gasteiger partial charge in [0, 0.05) is 16.7 Å². The van der Waals surface area contributed by atoms with Crippen molar-refractivity contribution in [3.8, 4) is 0 Å². The third-order valence-electron chi connectivity index (χ3n) is 4.49. The first-order valence-corrected chi connectivity index (χ1v) is 8.11. The van der Waals surface area contributed by atoms with Crippen molar-refractivity contribution in [2.24, 2.45) is 11.3 Å². The number of hydrogen-bond acceptors (Lipinski definition) is 3. The van der Waals surface area contributed by atoms with E-state index in [9.17, 15) is 4.79 Å². The summed E-state index contributed by atoms with van der Waals surface area (Å²) in [5.41, 5.74) is 1.80. The Morgan fingerprint density at radius 2 is 2.14 bits per heavy atom. The number of nitrogens with zero attached hydrogens (tertiary/aromatic N) is 2. The Morgan fingerprint density at radius 1 is 1.41 bits per heavy atom. The van der Waals surface area contributed by atoms with Crippen LogP contribution in [0.5, 0.6) is 0 Å². The summed E-state index contributed by atoms with van der Waals surface area (Å²) in [5.74, 6) is 0.186. The summed E-state index contributed by atoms with van der Waals surface area (Å²) in [6.45, 7) is 8.63. The first-order valence-electron chi connectivity index (χ1n) is 8.11. The lowest BCUT2D eigenvalue weighted by atomic mass is 9.89. The second kappa shape index (κ2) is 5.84. The van der Waals surface area contributed by atoms with Gasteiger partial charge in [0.25, 0.3) is 0 Å². The molecule has 22 heavy (non-hydrogen) atoms. The number of carbonyl (C=O) groups excluding carboxylic acids is 1. The zero-order valence-electron chi connectivity index (χ0n) is 13.6. The maximum Gasteiger partial charge on any atom is 0.186 e. The lowest BCUT2D eigenvalue weighted by molar-refractivity contribution is -0.111. The number of benzene rings is 1. The summed E-state index contributed by atoms with van der Waals surface area (Å²) in [4.78, 5) is 12.7. The molecular formula is C18H24N2O2. The molecule has 0 radical (unpaired) electrons. The number of hydrogen-bond donors (Lipinski definition) is 0. The highest BCUT2D eigenvalue weighted by atomic mass is 16.5. The summed E-state index contributed by atoms with van der Waals surface area (Å²) >= 11 is 0. The van der Waals surface area contributed by atoms with Gasteiger partial charge in [-0.1, -0.05) is 45.4 Å². The fourth-order valence-corrected chi connectivity index (χ4v) is 3.13. The van der Waals surface area contributed by atoms with Gasteiger partial charge in [-0.3, -0.25) is 9.48 Å². The molecule has 0 bridgehead atoms. The zero-order valence-corrected chi connectivity index (χ0v) is 13.6. The Balaban J connectivity index is 1.98. The van der Waals surface area contributed by atoms with E-state index < -0.39 is 0 Å². The fourth-order valence-electron chi connectivity index (χ4n) is 3.13. The zero-order chi connectivity index (χ0) is 15.7. The average Bonchev–Trinajstić information content (AvgIpc) is 2.84. The van der Waals surface area contributed by atoms with Gasteiger partial charge in [-0.05, 0) is 12.5 Å². The number of rotatable bonds is 6. The maximum atomic E-state index is 12.7. The van der Waals surface area contributed by atoms with Crippen LogP contribution in [0.15, 0.2) is 24.3 Å². The molecule has 1 unspecified atom stereocenters. The van der Waals surface area contributed by atoms with Gasteiger partial charge in [-0.15, -0.1) is 0 Å². The summed E-state index contributed by atoms with van der Waals surface area (Å²) in [6.07, 6.45) is 1.92. The molecule has 0 spiro atoms. The molecule has 1 aromatic heterocycles. The van der Waals surface area contributed by atoms with Crippen LogP contribution < -0.4 is 0 Å². The number of ketones is 1. The summed E-state index contributed by atoms with van der Waals surface area (Å²) < 4.78 is 7.33. The Labute approximate surface area is 131 Å². The number of carbonyl (C=O) groups is 1. The van der Waals surface area contributed by atoms with E-state index in [0.29, 0.717) is 5.69 Å². The molecule has 1 fully saturated rings. The fraction of sp³-hybridized carbons (Fsp3) is 0.556. The Hall–Kier alpha value is -1.68. The number of Topliss-reactive ketones (excluding diaryl/α,β-unsaturated/α-hetero) is 1. The van der Waals surface area contributed by atoms with Crippen LogP contribution in [0.1, 0.15) is 44.1 Å². The van der Waals surface area contributed by atoms with Gasteiger partial charge in [0.1, 0.15) is 5.69 Å². The number of fused-ring (bicyclic) bond motifs is 1. The molecule has 4 nitrogen and oxygen atoms in total. The molecule has 0 aliphatic carbocycles. The summed E-state index contributed by atoms with van der Waals surface area (Å²) in [6, 6.07) is 8.03. The van der Waals surface area contributed by atoms with Crippen molar-refractivity contribution in [1.82, 2.24) is 9.78 Å². The minimum Gasteiger partial charge on any atom is -0.380 e. The van der Waals surface area contributed by atoms with Crippen molar-refractivity contribution in [2.75, 3.05) is 13.2 Å². The molecule has 118 valence electrons. The standard InChI is InChI=1S/C18H24N2O2/c1-4-7-13(2)17(21)16-14-8-5-6-9-15(14)20(19-16)10-18(3)11-22-12-18/h5-6,8-9,13H,4,7,10-12H2,1-3H3. The minimum absolute atomic E-state index is 0.0272. The van der Waals surface area contributed by atoms with Gasteiger partial charge in [-0.2, -0.15) is 5.10 Å². The average molecular weight is 300 g/mol. The molecular weight excluding hydrogens is 276 g/mol.